The van der Waals surface area contributed by atoms with Gasteiger partial charge in [0.05, 0.1) is 18.2 Å². The Balaban J connectivity index is 2.60. The van der Waals surface area contributed by atoms with Crippen molar-refractivity contribution in [1.29, 1.82) is 5.26 Å². The second kappa shape index (κ2) is 8.03. The van der Waals surface area contributed by atoms with Crippen molar-refractivity contribution in [3.8, 4) is 6.07 Å². The van der Waals surface area contributed by atoms with Gasteiger partial charge in [0.1, 0.15) is 5.76 Å². The molecule has 1 atom stereocenters. The number of allylic oxidation sites excluding steroid dienone is 1. The van der Waals surface area contributed by atoms with Crippen molar-refractivity contribution in [3.05, 3.63) is 23.6 Å². The number of unbranched alkanes of at least 4 members (excludes halogenated alkanes) is 2. The van der Waals surface area contributed by atoms with E-state index in [1.807, 2.05) is 0 Å². The molecule has 0 aliphatic carbocycles. The Morgan fingerprint density at radius 3 is 2.71 bits per heavy atom. The third-order valence-electron chi connectivity index (χ3n) is 2.91. The van der Waals surface area contributed by atoms with E-state index in [1.54, 1.807) is 24.2 Å². The molecule has 118 valence electrons. The largest absolute Gasteiger partial charge is 0.492 e. The van der Waals surface area contributed by atoms with Gasteiger partial charge in [0.2, 0.25) is 0 Å². The van der Waals surface area contributed by atoms with E-state index < -0.39 is 12.0 Å². The highest BCUT2D eigenvalue weighted by Gasteiger charge is 2.29. The second-order valence-electron chi connectivity index (χ2n) is 5.52. The summed E-state index contributed by atoms with van der Waals surface area (Å²) in [7, 11) is 1.78. The van der Waals surface area contributed by atoms with Crippen molar-refractivity contribution < 1.29 is 14.6 Å². The van der Waals surface area contributed by atoms with Crippen LogP contribution in [0.3, 0.4) is 0 Å². The van der Waals surface area contributed by atoms with Gasteiger partial charge in [-0.15, -0.1) is 0 Å². The number of nitrogens with two attached hydrogens (primary N) is 1. The molecule has 0 saturated heterocycles. The fraction of sp³-hybridized carbons (Fsp3) is 0.667. The second-order valence-corrected chi connectivity index (χ2v) is 5.52. The van der Waals surface area contributed by atoms with Crippen molar-refractivity contribution in [1.82, 2.24) is 4.90 Å². The number of nitrogens with zero attached hydrogens (tertiary/aromatic N) is 2. The molecule has 0 amide bonds. The maximum Gasteiger partial charge on any atom is 0.169 e. The van der Waals surface area contributed by atoms with Gasteiger partial charge in [0, 0.05) is 13.2 Å². The number of hydrogen-bond donors (Lipinski definition) is 2. The molecule has 0 aromatic heterocycles. The average molecular weight is 295 g/mol. The van der Waals surface area contributed by atoms with Gasteiger partial charge in [-0.3, -0.25) is 0 Å². The van der Waals surface area contributed by atoms with Crippen molar-refractivity contribution >= 4 is 0 Å². The van der Waals surface area contributed by atoms with Crippen LogP contribution in [0.4, 0.5) is 0 Å². The quantitative estimate of drug-likeness (QED) is 0.520. The fourth-order valence-electron chi connectivity index (χ4n) is 1.95. The van der Waals surface area contributed by atoms with E-state index in [9.17, 15) is 10.4 Å². The van der Waals surface area contributed by atoms with Crippen LogP contribution in [0.5, 0.6) is 0 Å². The number of aliphatic hydroxyl groups is 1. The summed E-state index contributed by atoms with van der Waals surface area (Å²) in [5.74, 6) is -0.694. The first-order chi connectivity index (χ1) is 9.87. The summed E-state index contributed by atoms with van der Waals surface area (Å²) in [5, 5.41) is 19.0. The van der Waals surface area contributed by atoms with Crippen molar-refractivity contribution in [2.45, 2.75) is 45.1 Å². The maximum absolute atomic E-state index is 9.74. The van der Waals surface area contributed by atoms with E-state index in [2.05, 4.69) is 6.07 Å². The van der Waals surface area contributed by atoms with E-state index in [4.69, 9.17) is 15.2 Å². The number of nitriles is 1. The van der Waals surface area contributed by atoms with Crippen LogP contribution in [0.25, 0.3) is 0 Å². The van der Waals surface area contributed by atoms with Gasteiger partial charge in [0.25, 0.3) is 0 Å². The zero-order valence-electron chi connectivity index (χ0n) is 13.0. The lowest BCUT2D eigenvalue weighted by atomic mass is 10.1. The summed E-state index contributed by atoms with van der Waals surface area (Å²) in [5.41, 5.74) is 5.84. The molecule has 0 radical (unpaired) electrons. The minimum atomic E-state index is -1.32. The summed E-state index contributed by atoms with van der Waals surface area (Å²) in [4.78, 5) is 1.71. The monoisotopic (exact) mass is 295 g/mol. The van der Waals surface area contributed by atoms with Crippen LogP contribution in [0.2, 0.25) is 0 Å². The van der Waals surface area contributed by atoms with Crippen LogP contribution in [0.1, 0.15) is 33.1 Å². The summed E-state index contributed by atoms with van der Waals surface area (Å²) in [6.07, 6.45) is 5.75. The standard InChI is InChI=1S/C15H25N3O3/c1-15(2,19)21-14-12(10-17)9-13(11-18(14)3)20-8-6-4-5-7-16/h9,11,14,19H,4-8,16H2,1-3H3. The van der Waals surface area contributed by atoms with Gasteiger partial charge in [-0.05, 0) is 45.7 Å². The Bertz CT molecular complexity index is 432. The zero-order chi connectivity index (χ0) is 15.9. The molecular formula is C15H25N3O3. The molecule has 0 fully saturated rings. The maximum atomic E-state index is 9.74. The predicted octanol–water partition coefficient (Wildman–Crippen LogP) is 1.44. The van der Waals surface area contributed by atoms with E-state index in [1.165, 1.54) is 13.8 Å². The van der Waals surface area contributed by atoms with E-state index >= 15 is 0 Å². The number of ether oxygens (including phenoxy) is 2. The van der Waals surface area contributed by atoms with Crippen molar-refractivity contribution in [3.63, 3.8) is 0 Å². The Kier molecular flexibility index (Phi) is 6.69. The predicted molar refractivity (Wildman–Crippen MR) is 79.6 cm³/mol. The van der Waals surface area contributed by atoms with Crippen LogP contribution in [-0.4, -0.2) is 42.2 Å². The number of likely N-dealkylation sites (N-methyl/N-ethyl adjacent to an activating group) is 1. The molecule has 1 unspecified atom stereocenters. The van der Waals surface area contributed by atoms with Crippen LogP contribution >= 0.6 is 0 Å². The molecule has 0 aromatic rings. The first kappa shape index (κ1) is 17.5. The lowest BCUT2D eigenvalue weighted by molar-refractivity contribution is -0.219. The SMILES string of the molecule is CN1C=C(OCCCCCN)C=C(C#N)C1OC(C)(C)O. The normalized spacial score (nSPS) is 18.9. The van der Waals surface area contributed by atoms with Crippen LogP contribution in [-0.2, 0) is 9.47 Å². The first-order valence-electron chi connectivity index (χ1n) is 7.16. The Morgan fingerprint density at radius 1 is 1.43 bits per heavy atom. The Labute approximate surface area is 126 Å². The Hall–Kier alpha value is -1.55. The molecule has 0 spiro atoms. The summed E-state index contributed by atoms with van der Waals surface area (Å²) in [6, 6.07) is 2.09. The van der Waals surface area contributed by atoms with Gasteiger partial charge < -0.3 is 25.2 Å². The van der Waals surface area contributed by atoms with E-state index in [-0.39, 0.29) is 0 Å². The van der Waals surface area contributed by atoms with Crippen molar-refractivity contribution in [2.24, 2.45) is 5.73 Å². The minimum absolute atomic E-state index is 0.402. The van der Waals surface area contributed by atoms with E-state index in [0.717, 1.165) is 19.3 Å². The number of rotatable bonds is 8. The van der Waals surface area contributed by atoms with Crippen LogP contribution in [0, 0.1) is 11.3 Å². The van der Waals surface area contributed by atoms with Gasteiger partial charge in [-0.25, -0.2) is 0 Å². The van der Waals surface area contributed by atoms with Crippen molar-refractivity contribution in [2.75, 3.05) is 20.2 Å². The highest BCUT2D eigenvalue weighted by molar-refractivity contribution is 5.35. The van der Waals surface area contributed by atoms with Crippen LogP contribution < -0.4 is 5.73 Å². The minimum Gasteiger partial charge on any atom is -0.492 e. The third-order valence-corrected chi connectivity index (χ3v) is 2.91. The smallest absolute Gasteiger partial charge is 0.169 e. The lowest BCUT2D eigenvalue weighted by Gasteiger charge is -2.34. The number of hydrogen-bond acceptors (Lipinski definition) is 6. The highest BCUT2D eigenvalue weighted by atomic mass is 16.6. The summed E-state index contributed by atoms with van der Waals surface area (Å²) >= 11 is 0. The lowest BCUT2D eigenvalue weighted by Crippen LogP contribution is -2.41. The van der Waals surface area contributed by atoms with Crippen LogP contribution in [0.15, 0.2) is 23.6 Å². The molecular weight excluding hydrogens is 270 g/mol. The van der Waals surface area contributed by atoms with E-state index in [0.29, 0.717) is 24.5 Å². The molecule has 0 aromatic carbocycles. The molecule has 6 nitrogen and oxygen atoms in total. The molecule has 1 rings (SSSR count). The molecule has 0 bridgehead atoms. The first-order valence-corrected chi connectivity index (χ1v) is 7.16. The van der Waals surface area contributed by atoms with Gasteiger partial charge in [-0.1, -0.05) is 0 Å². The van der Waals surface area contributed by atoms with Gasteiger partial charge in [0.15, 0.2) is 12.0 Å². The Morgan fingerprint density at radius 2 is 2.14 bits per heavy atom. The van der Waals surface area contributed by atoms with Gasteiger partial charge in [-0.2, -0.15) is 5.26 Å². The molecule has 0 saturated carbocycles. The molecule has 1 aliphatic rings. The molecule has 21 heavy (non-hydrogen) atoms. The third kappa shape index (κ3) is 6.17. The molecule has 1 aliphatic heterocycles. The molecule has 1 heterocycles. The topological polar surface area (TPSA) is 91.7 Å². The molecule has 3 N–H and O–H groups in total. The summed E-state index contributed by atoms with van der Waals surface area (Å²) < 4.78 is 11.1. The highest BCUT2D eigenvalue weighted by Crippen LogP contribution is 2.24. The summed E-state index contributed by atoms with van der Waals surface area (Å²) in [6.45, 7) is 4.35. The zero-order valence-corrected chi connectivity index (χ0v) is 13.0. The molecule has 6 heteroatoms. The average Bonchev–Trinajstić information content (AvgIpc) is 2.40. The van der Waals surface area contributed by atoms with Gasteiger partial charge >= 0.3 is 0 Å². The fourth-order valence-corrected chi connectivity index (χ4v) is 1.95.